The first-order chi connectivity index (χ1) is 15.4. The molecule has 0 saturated carbocycles. The van der Waals surface area contributed by atoms with Crippen molar-refractivity contribution in [1.82, 2.24) is 14.9 Å². The maximum absolute atomic E-state index is 12.8. The van der Waals surface area contributed by atoms with Gasteiger partial charge in [0.1, 0.15) is 11.6 Å². The third-order valence-corrected chi connectivity index (χ3v) is 5.47. The van der Waals surface area contributed by atoms with E-state index in [9.17, 15) is 14.4 Å². The Morgan fingerprint density at radius 3 is 2.84 bits per heavy atom. The second-order valence-corrected chi connectivity index (χ2v) is 8.08. The van der Waals surface area contributed by atoms with E-state index < -0.39 is 0 Å². The van der Waals surface area contributed by atoms with Gasteiger partial charge >= 0.3 is 0 Å². The van der Waals surface area contributed by atoms with Gasteiger partial charge in [-0.3, -0.25) is 14.4 Å². The number of anilines is 1. The molecule has 0 saturated heterocycles. The van der Waals surface area contributed by atoms with Crippen molar-refractivity contribution in [3.8, 4) is 5.75 Å². The largest absolute Gasteiger partial charge is 0.484 e. The summed E-state index contributed by atoms with van der Waals surface area (Å²) in [6.07, 6.45) is 1.81. The first-order valence-electron chi connectivity index (χ1n) is 10.4. The van der Waals surface area contributed by atoms with Crippen LogP contribution in [0.4, 0.5) is 5.69 Å². The van der Waals surface area contributed by atoms with Gasteiger partial charge in [0.05, 0.1) is 17.4 Å². The molecule has 9 heteroatoms. The van der Waals surface area contributed by atoms with Gasteiger partial charge in [-0.2, -0.15) is 0 Å². The van der Waals surface area contributed by atoms with Gasteiger partial charge in [0.2, 0.25) is 5.91 Å². The Labute approximate surface area is 189 Å². The van der Waals surface area contributed by atoms with Crippen LogP contribution in [0.1, 0.15) is 31.2 Å². The van der Waals surface area contributed by atoms with Gasteiger partial charge < -0.3 is 19.9 Å². The highest BCUT2D eigenvalue weighted by atomic mass is 35.5. The van der Waals surface area contributed by atoms with E-state index in [1.54, 1.807) is 35.2 Å². The fourth-order valence-corrected chi connectivity index (χ4v) is 3.83. The van der Waals surface area contributed by atoms with E-state index in [4.69, 9.17) is 16.3 Å². The number of ether oxygens (including phenoxy) is 1. The molecule has 8 nitrogen and oxygen atoms in total. The number of fused-ring (bicyclic) bond motifs is 2. The molecule has 3 aromatic rings. The normalized spacial score (nSPS) is 12.9. The average molecular weight is 455 g/mol. The van der Waals surface area contributed by atoms with E-state index in [1.807, 2.05) is 13.0 Å². The van der Waals surface area contributed by atoms with Gasteiger partial charge in [-0.15, -0.1) is 0 Å². The summed E-state index contributed by atoms with van der Waals surface area (Å²) >= 11 is 6.03. The molecule has 2 amide bonds. The van der Waals surface area contributed by atoms with Crippen LogP contribution >= 0.6 is 11.6 Å². The number of hydrogen-bond acceptors (Lipinski definition) is 5. The van der Waals surface area contributed by atoms with E-state index in [-0.39, 0.29) is 30.5 Å². The molecule has 0 bridgehead atoms. The van der Waals surface area contributed by atoms with Crippen LogP contribution in [-0.4, -0.2) is 39.8 Å². The average Bonchev–Trinajstić information content (AvgIpc) is 2.76. The minimum atomic E-state index is -0.275. The van der Waals surface area contributed by atoms with Crippen molar-refractivity contribution in [3.05, 3.63) is 63.2 Å². The molecule has 166 valence electrons. The van der Waals surface area contributed by atoms with E-state index in [0.717, 1.165) is 17.7 Å². The van der Waals surface area contributed by atoms with Crippen LogP contribution in [0.15, 0.2) is 41.2 Å². The van der Waals surface area contributed by atoms with Gasteiger partial charge in [0.25, 0.3) is 11.5 Å². The van der Waals surface area contributed by atoms with E-state index in [0.29, 0.717) is 46.9 Å². The maximum Gasteiger partial charge on any atom is 0.260 e. The number of aryl methyl sites for hydroxylation is 1. The monoisotopic (exact) mass is 454 g/mol. The highest BCUT2D eigenvalue weighted by Gasteiger charge is 2.18. The van der Waals surface area contributed by atoms with Crippen LogP contribution in [0.2, 0.25) is 5.02 Å². The predicted molar refractivity (Wildman–Crippen MR) is 122 cm³/mol. The number of rotatable bonds is 7. The number of H-pyrrole nitrogens is 1. The lowest BCUT2D eigenvalue weighted by molar-refractivity contribution is -0.134. The van der Waals surface area contributed by atoms with Crippen molar-refractivity contribution in [2.75, 3.05) is 18.5 Å². The Kier molecular flexibility index (Phi) is 6.41. The minimum Gasteiger partial charge on any atom is -0.484 e. The van der Waals surface area contributed by atoms with Crippen molar-refractivity contribution < 1.29 is 14.3 Å². The zero-order chi connectivity index (χ0) is 22.7. The fourth-order valence-electron chi connectivity index (χ4n) is 3.66. The third kappa shape index (κ3) is 4.91. The summed E-state index contributed by atoms with van der Waals surface area (Å²) in [6, 6.07) is 10.2. The molecule has 0 aliphatic carbocycles. The summed E-state index contributed by atoms with van der Waals surface area (Å²) in [6.45, 7) is 2.48. The Bertz CT molecular complexity index is 1240. The zero-order valence-corrected chi connectivity index (χ0v) is 18.4. The molecule has 2 N–H and O–H groups in total. The van der Waals surface area contributed by atoms with Crippen LogP contribution in [0.25, 0.3) is 10.9 Å². The van der Waals surface area contributed by atoms with Gasteiger partial charge in [0.15, 0.2) is 6.61 Å². The molecule has 0 fully saturated rings. The van der Waals surface area contributed by atoms with Crippen molar-refractivity contribution >= 4 is 40.0 Å². The SMILES string of the molecule is CCCN(Cc1nc2cc(Cl)ccc2c(=O)[nH]1)C(=O)COc1ccc2c(c1)CCC(=O)N2. The lowest BCUT2D eigenvalue weighted by Crippen LogP contribution is -2.36. The summed E-state index contributed by atoms with van der Waals surface area (Å²) in [7, 11) is 0. The lowest BCUT2D eigenvalue weighted by atomic mass is 10.0. The maximum atomic E-state index is 12.8. The number of nitrogens with zero attached hydrogens (tertiary/aromatic N) is 2. The Balaban J connectivity index is 1.46. The molecule has 2 heterocycles. The Morgan fingerprint density at radius 2 is 2.03 bits per heavy atom. The van der Waals surface area contributed by atoms with Crippen LogP contribution in [0, 0.1) is 0 Å². The van der Waals surface area contributed by atoms with Gasteiger partial charge in [-0.25, -0.2) is 4.98 Å². The van der Waals surface area contributed by atoms with Crippen molar-refractivity contribution in [2.24, 2.45) is 0 Å². The number of benzene rings is 2. The Hall–Kier alpha value is -3.39. The summed E-state index contributed by atoms with van der Waals surface area (Å²) in [5.41, 5.74) is 1.97. The molecule has 4 rings (SSSR count). The number of halogens is 1. The van der Waals surface area contributed by atoms with Gasteiger partial charge in [0, 0.05) is 23.7 Å². The minimum absolute atomic E-state index is 0.000772. The third-order valence-electron chi connectivity index (χ3n) is 5.24. The van der Waals surface area contributed by atoms with Crippen LogP contribution < -0.4 is 15.6 Å². The molecule has 0 spiro atoms. The number of carbonyl (C=O) groups excluding carboxylic acids is 2. The predicted octanol–water partition coefficient (Wildman–Crippen LogP) is 3.28. The fraction of sp³-hybridized carbons (Fsp3) is 0.304. The summed E-state index contributed by atoms with van der Waals surface area (Å²) in [4.78, 5) is 45.5. The number of aromatic amines is 1. The highest BCUT2D eigenvalue weighted by molar-refractivity contribution is 6.31. The van der Waals surface area contributed by atoms with Crippen LogP contribution in [0.3, 0.4) is 0 Å². The second-order valence-electron chi connectivity index (χ2n) is 7.65. The van der Waals surface area contributed by atoms with E-state index in [1.165, 1.54) is 0 Å². The summed E-state index contributed by atoms with van der Waals surface area (Å²) < 4.78 is 5.72. The molecule has 32 heavy (non-hydrogen) atoms. The summed E-state index contributed by atoms with van der Waals surface area (Å²) in [5, 5.41) is 3.75. The first-order valence-corrected chi connectivity index (χ1v) is 10.8. The van der Waals surface area contributed by atoms with E-state index in [2.05, 4.69) is 15.3 Å². The molecule has 0 atom stereocenters. The molecule has 0 unspecified atom stereocenters. The van der Waals surface area contributed by atoms with E-state index >= 15 is 0 Å². The first kappa shape index (κ1) is 21.8. The molecule has 1 aliphatic heterocycles. The standard InChI is InChI=1S/C23H23ClN4O4/c1-2-9-28(12-20-25-19-11-15(24)4-6-17(19)23(31)27-20)22(30)13-32-16-5-7-18-14(10-16)3-8-21(29)26-18/h4-7,10-11H,2-3,8-9,12-13H2,1H3,(H,26,29)(H,25,27,31). The molecular weight excluding hydrogens is 432 g/mol. The molecule has 1 aromatic heterocycles. The smallest absolute Gasteiger partial charge is 0.260 e. The molecule has 2 aromatic carbocycles. The van der Waals surface area contributed by atoms with Crippen LogP contribution in [-0.2, 0) is 22.6 Å². The van der Waals surface area contributed by atoms with Gasteiger partial charge in [-0.1, -0.05) is 18.5 Å². The lowest BCUT2D eigenvalue weighted by Gasteiger charge is -2.22. The zero-order valence-electron chi connectivity index (χ0n) is 17.6. The number of carbonyl (C=O) groups is 2. The number of amides is 2. The van der Waals surface area contributed by atoms with Crippen molar-refractivity contribution in [2.45, 2.75) is 32.7 Å². The Morgan fingerprint density at radius 1 is 1.19 bits per heavy atom. The second kappa shape index (κ2) is 9.40. The van der Waals surface area contributed by atoms with Crippen molar-refractivity contribution in [1.29, 1.82) is 0 Å². The van der Waals surface area contributed by atoms with Gasteiger partial charge in [-0.05, 0) is 54.8 Å². The van der Waals surface area contributed by atoms with Crippen molar-refractivity contribution in [3.63, 3.8) is 0 Å². The number of hydrogen-bond donors (Lipinski definition) is 2. The summed E-state index contributed by atoms with van der Waals surface area (Å²) in [5.74, 6) is 0.735. The number of aromatic nitrogens is 2. The molecule has 0 radical (unpaired) electrons. The molecule has 1 aliphatic rings. The molecular formula is C23H23ClN4O4. The van der Waals surface area contributed by atoms with Crippen LogP contribution in [0.5, 0.6) is 5.75 Å². The topological polar surface area (TPSA) is 104 Å². The quantitative estimate of drug-likeness (QED) is 0.570. The number of nitrogens with one attached hydrogen (secondary N) is 2. The highest BCUT2D eigenvalue weighted by Crippen LogP contribution is 2.26.